The average Bonchev–Trinajstić information content (AvgIpc) is 2.25. The van der Waals surface area contributed by atoms with Crippen LogP contribution in [-0.2, 0) is 13.0 Å². The monoisotopic (exact) mass is 236 g/mol. The number of fused-ring (bicyclic) bond motifs is 1. The highest BCUT2D eigenvalue weighted by Gasteiger charge is 2.24. The van der Waals surface area contributed by atoms with E-state index in [-0.39, 0.29) is 11.2 Å². The zero-order valence-electron chi connectivity index (χ0n) is 10.9. The van der Waals surface area contributed by atoms with Gasteiger partial charge in [-0.25, -0.2) is 4.79 Å². The van der Waals surface area contributed by atoms with Crippen molar-refractivity contribution in [2.24, 2.45) is 0 Å². The van der Waals surface area contributed by atoms with Gasteiger partial charge in [0.05, 0.1) is 0 Å². The zero-order chi connectivity index (χ0) is 12.6. The maximum Gasteiger partial charge on any atom is 0.347 e. The van der Waals surface area contributed by atoms with Crippen LogP contribution >= 0.6 is 0 Å². The molecule has 2 N–H and O–H groups in total. The van der Waals surface area contributed by atoms with Crippen LogP contribution in [-0.4, -0.2) is 29.1 Å². The molecule has 0 aliphatic carbocycles. The lowest BCUT2D eigenvalue weighted by molar-refractivity contribution is 0.524. The first kappa shape index (κ1) is 12.1. The van der Waals surface area contributed by atoms with Gasteiger partial charge in [-0.05, 0) is 20.8 Å². The van der Waals surface area contributed by atoms with Crippen LogP contribution in [0.25, 0.3) is 0 Å². The molecule has 0 saturated heterocycles. The van der Waals surface area contributed by atoms with Gasteiger partial charge in [0.1, 0.15) is 5.82 Å². The van der Waals surface area contributed by atoms with Crippen molar-refractivity contribution >= 4 is 5.82 Å². The van der Waals surface area contributed by atoms with E-state index in [1.807, 2.05) is 7.05 Å². The van der Waals surface area contributed by atoms with Crippen molar-refractivity contribution < 1.29 is 0 Å². The van der Waals surface area contributed by atoms with Crippen molar-refractivity contribution in [3.8, 4) is 0 Å². The van der Waals surface area contributed by atoms with Crippen molar-refractivity contribution in [1.29, 1.82) is 0 Å². The number of nitrogens with zero attached hydrogens (tertiary/aromatic N) is 2. The van der Waals surface area contributed by atoms with Crippen LogP contribution in [0, 0.1) is 0 Å². The molecule has 2 rings (SSSR count). The van der Waals surface area contributed by atoms with Crippen LogP contribution in [0.3, 0.4) is 0 Å². The summed E-state index contributed by atoms with van der Waals surface area (Å²) in [5.74, 6) is 0.795. The second kappa shape index (κ2) is 4.14. The van der Waals surface area contributed by atoms with Crippen molar-refractivity contribution in [2.75, 3.05) is 18.5 Å². The highest BCUT2D eigenvalue weighted by atomic mass is 16.1. The second-order valence-electron chi connectivity index (χ2n) is 5.48. The van der Waals surface area contributed by atoms with Crippen LogP contribution in [0.4, 0.5) is 5.82 Å². The fraction of sp³-hybridized carbons (Fsp3) is 0.667. The average molecular weight is 236 g/mol. The van der Waals surface area contributed by atoms with E-state index in [0.717, 1.165) is 36.6 Å². The number of hydrogen-bond acceptors (Lipinski definition) is 4. The first-order valence-electron chi connectivity index (χ1n) is 5.96. The molecule has 0 atom stereocenters. The maximum atomic E-state index is 11.6. The Kier molecular flexibility index (Phi) is 2.95. The number of aromatic nitrogens is 2. The van der Waals surface area contributed by atoms with E-state index in [4.69, 9.17) is 0 Å². The summed E-state index contributed by atoms with van der Waals surface area (Å²) in [6.07, 6.45) is 0.859. The molecular weight excluding hydrogens is 216 g/mol. The lowest BCUT2D eigenvalue weighted by atomic mass is 10.0. The molecule has 2 heterocycles. The van der Waals surface area contributed by atoms with E-state index in [2.05, 4.69) is 41.0 Å². The summed E-state index contributed by atoms with van der Waals surface area (Å²) in [6.45, 7) is 8.01. The molecule has 1 aromatic rings. The molecule has 0 bridgehead atoms. The lowest BCUT2D eigenvalue weighted by Crippen LogP contribution is -2.42. The third-order valence-electron chi connectivity index (χ3n) is 3.28. The first-order chi connectivity index (χ1) is 7.89. The minimum Gasteiger partial charge on any atom is -0.354 e. The smallest absolute Gasteiger partial charge is 0.347 e. The normalized spacial score (nSPS) is 15.5. The number of H-pyrrole nitrogens is 1. The first-order valence-corrected chi connectivity index (χ1v) is 5.96. The fourth-order valence-electron chi connectivity index (χ4n) is 1.95. The summed E-state index contributed by atoms with van der Waals surface area (Å²) < 4.78 is 0. The van der Waals surface area contributed by atoms with Crippen LogP contribution < -0.4 is 15.9 Å². The molecule has 0 saturated carbocycles. The number of aromatic amines is 1. The largest absolute Gasteiger partial charge is 0.354 e. The van der Waals surface area contributed by atoms with E-state index < -0.39 is 0 Å². The Labute approximate surface area is 101 Å². The summed E-state index contributed by atoms with van der Waals surface area (Å²) in [7, 11) is 1.98. The van der Waals surface area contributed by atoms with Crippen LogP contribution in [0.15, 0.2) is 4.79 Å². The highest BCUT2D eigenvalue weighted by molar-refractivity contribution is 5.50. The molecular formula is C12H20N4O. The van der Waals surface area contributed by atoms with Crippen molar-refractivity contribution in [3.63, 3.8) is 0 Å². The van der Waals surface area contributed by atoms with E-state index in [0.29, 0.717) is 0 Å². The van der Waals surface area contributed by atoms with Gasteiger partial charge < -0.3 is 15.2 Å². The van der Waals surface area contributed by atoms with Gasteiger partial charge in [-0.15, -0.1) is 0 Å². The van der Waals surface area contributed by atoms with Gasteiger partial charge in [0, 0.05) is 43.4 Å². The Hall–Kier alpha value is -1.36. The molecule has 0 aromatic carbocycles. The van der Waals surface area contributed by atoms with Crippen molar-refractivity contribution in [3.05, 3.63) is 21.7 Å². The SMILES string of the molecule is CN(c1nc(=O)[nH]c2c1CNCC2)C(C)(C)C. The van der Waals surface area contributed by atoms with Gasteiger partial charge in [0.25, 0.3) is 0 Å². The molecule has 1 aliphatic rings. The lowest BCUT2D eigenvalue weighted by Gasteiger charge is -2.35. The molecule has 1 aliphatic heterocycles. The Morgan fingerprint density at radius 3 is 2.71 bits per heavy atom. The Balaban J connectivity index is 2.53. The molecule has 94 valence electrons. The third-order valence-corrected chi connectivity index (χ3v) is 3.28. The summed E-state index contributed by atoms with van der Waals surface area (Å²) in [5.41, 5.74) is 1.84. The van der Waals surface area contributed by atoms with E-state index in [1.54, 1.807) is 0 Å². The van der Waals surface area contributed by atoms with E-state index in [1.165, 1.54) is 0 Å². The molecule has 5 nitrogen and oxygen atoms in total. The van der Waals surface area contributed by atoms with Crippen LogP contribution in [0.1, 0.15) is 32.0 Å². The fourth-order valence-corrected chi connectivity index (χ4v) is 1.95. The van der Waals surface area contributed by atoms with Crippen molar-refractivity contribution in [1.82, 2.24) is 15.3 Å². The Morgan fingerprint density at radius 2 is 2.06 bits per heavy atom. The standard InChI is InChI=1S/C12H20N4O/c1-12(2,3)16(4)10-8-7-13-6-5-9(8)14-11(17)15-10/h13H,5-7H2,1-4H3,(H,14,15,17). The minimum atomic E-state index is -0.253. The summed E-state index contributed by atoms with van der Waals surface area (Å²) in [6, 6.07) is 0. The highest BCUT2D eigenvalue weighted by Crippen LogP contribution is 2.25. The summed E-state index contributed by atoms with van der Waals surface area (Å²) >= 11 is 0. The molecule has 17 heavy (non-hydrogen) atoms. The number of nitrogens with one attached hydrogen (secondary N) is 2. The van der Waals surface area contributed by atoms with Gasteiger partial charge >= 0.3 is 5.69 Å². The van der Waals surface area contributed by atoms with Gasteiger partial charge in [-0.2, -0.15) is 4.98 Å². The molecule has 0 amide bonds. The zero-order valence-corrected chi connectivity index (χ0v) is 10.9. The van der Waals surface area contributed by atoms with Gasteiger partial charge in [-0.3, -0.25) is 0 Å². The van der Waals surface area contributed by atoms with Crippen LogP contribution in [0.2, 0.25) is 0 Å². The Bertz CT molecular complexity index is 472. The molecule has 5 heteroatoms. The van der Waals surface area contributed by atoms with E-state index >= 15 is 0 Å². The third kappa shape index (κ3) is 2.34. The minimum absolute atomic E-state index is 0.0496. The Morgan fingerprint density at radius 1 is 1.35 bits per heavy atom. The number of anilines is 1. The molecule has 0 fully saturated rings. The van der Waals surface area contributed by atoms with E-state index in [9.17, 15) is 4.79 Å². The van der Waals surface area contributed by atoms with Gasteiger partial charge in [0.2, 0.25) is 0 Å². The van der Waals surface area contributed by atoms with Crippen molar-refractivity contribution in [2.45, 2.75) is 39.3 Å². The quantitative estimate of drug-likeness (QED) is 0.751. The second-order valence-corrected chi connectivity index (χ2v) is 5.48. The van der Waals surface area contributed by atoms with Gasteiger partial charge in [0.15, 0.2) is 0 Å². The molecule has 0 unspecified atom stereocenters. The summed E-state index contributed by atoms with van der Waals surface area (Å²) in [4.78, 5) is 20.6. The molecule has 0 spiro atoms. The molecule has 1 aromatic heterocycles. The topological polar surface area (TPSA) is 61.0 Å². The van der Waals surface area contributed by atoms with Crippen LogP contribution in [0.5, 0.6) is 0 Å². The maximum absolute atomic E-state index is 11.6. The van der Waals surface area contributed by atoms with Gasteiger partial charge in [-0.1, -0.05) is 0 Å². The number of hydrogen-bond donors (Lipinski definition) is 2. The molecule has 0 radical (unpaired) electrons. The predicted octanol–water partition coefficient (Wildman–Crippen LogP) is 0.650. The predicted molar refractivity (Wildman–Crippen MR) is 68.4 cm³/mol. The summed E-state index contributed by atoms with van der Waals surface area (Å²) in [5, 5.41) is 3.32. The number of rotatable bonds is 1.